The molecule has 0 aromatic heterocycles. The monoisotopic (exact) mass is 306 g/mol. The molecule has 0 unspecified atom stereocenters. The lowest BCUT2D eigenvalue weighted by Crippen LogP contribution is -2.35. The Morgan fingerprint density at radius 2 is 1.65 bits per heavy atom. The van der Waals surface area contributed by atoms with Crippen LogP contribution in [-0.4, -0.2) is 12.0 Å². The molecule has 3 rings (SSSR count). The van der Waals surface area contributed by atoms with Crippen molar-refractivity contribution in [1.29, 1.82) is 0 Å². The van der Waals surface area contributed by atoms with Gasteiger partial charge in [0.15, 0.2) is 0 Å². The Bertz CT molecular complexity index is 803. The van der Waals surface area contributed by atoms with Crippen molar-refractivity contribution in [3.05, 3.63) is 78.4 Å². The Kier molecular flexibility index (Phi) is 4.54. The maximum absolute atomic E-state index is 12.0. The minimum Gasteiger partial charge on any atom is -0.342 e. The molecule has 0 aliphatic rings. The van der Waals surface area contributed by atoms with Crippen LogP contribution < -0.4 is 11.2 Å². The van der Waals surface area contributed by atoms with E-state index in [4.69, 9.17) is 10.6 Å². The van der Waals surface area contributed by atoms with Crippen molar-refractivity contribution >= 4 is 22.4 Å². The number of hydrogen-bond donors (Lipinski definition) is 2. The third-order valence-corrected chi connectivity index (χ3v) is 3.62. The zero-order valence-electron chi connectivity index (χ0n) is 12.6. The second kappa shape index (κ2) is 6.94. The molecule has 0 aliphatic carbocycles. The summed E-state index contributed by atoms with van der Waals surface area (Å²) in [5, 5.41) is 2.20. The van der Waals surface area contributed by atoms with Gasteiger partial charge in [0.1, 0.15) is 6.04 Å². The largest absolute Gasteiger partial charge is 0.348 e. The molecule has 0 bridgehead atoms. The SMILES string of the molecule is N[C@@H](Cc1ccccc1)C(=O)ONc1ccc2ccccc2c1. The van der Waals surface area contributed by atoms with Crippen LogP contribution in [-0.2, 0) is 16.1 Å². The number of hydrogen-bond acceptors (Lipinski definition) is 4. The highest BCUT2D eigenvalue weighted by Gasteiger charge is 2.16. The van der Waals surface area contributed by atoms with Gasteiger partial charge in [-0.15, -0.1) is 0 Å². The standard InChI is InChI=1S/C19H18N2O2/c20-18(12-14-6-2-1-3-7-14)19(22)23-21-17-11-10-15-8-4-5-9-16(15)13-17/h1-11,13,18,21H,12,20H2/t18-/m0/s1. The lowest BCUT2D eigenvalue weighted by atomic mass is 10.1. The molecular formula is C19H18N2O2. The van der Waals surface area contributed by atoms with Crippen LogP contribution in [0.4, 0.5) is 5.69 Å². The molecule has 4 nitrogen and oxygen atoms in total. The van der Waals surface area contributed by atoms with Crippen molar-refractivity contribution in [2.75, 3.05) is 5.48 Å². The van der Waals surface area contributed by atoms with E-state index in [9.17, 15) is 4.79 Å². The number of rotatable bonds is 5. The average Bonchev–Trinajstić information content (AvgIpc) is 2.60. The Labute approximate surface area is 134 Å². The second-order valence-electron chi connectivity index (χ2n) is 5.38. The Balaban J connectivity index is 1.59. The normalized spacial score (nSPS) is 11.9. The fourth-order valence-corrected chi connectivity index (χ4v) is 2.39. The summed E-state index contributed by atoms with van der Waals surface area (Å²) in [5.74, 6) is -0.484. The van der Waals surface area contributed by atoms with Gasteiger partial charge >= 0.3 is 5.97 Å². The smallest absolute Gasteiger partial charge is 0.342 e. The molecule has 0 aliphatic heterocycles. The van der Waals surface area contributed by atoms with Crippen LogP contribution in [0.25, 0.3) is 10.8 Å². The topological polar surface area (TPSA) is 64.4 Å². The van der Waals surface area contributed by atoms with E-state index in [2.05, 4.69) is 5.48 Å². The van der Waals surface area contributed by atoms with Crippen LogP contribution in [0.1, 0.15) is 5.56 Å². The van der Waals surface area contributed by atoms with Crippen LogP contribution in [0.3, 0.4) is 0 Å². The van der Waals surface area contributed by atoms with E-state index >= 15 is 0 Å². The molecule has 1 atom stereocenters. The van der Waals surface area contributed by atoms with E-state index in [1.807, 2.05) is 72.8 Å². The predicted octanol–water partition coefficient (Wildman–Crippen LogP) is 3.28. The van der Waals surface area contributed by atoms with Gasteiger partial charge in [-0.05, 0) is 34.9 Å². The van der Waals surface area contributed by atoms with Crippen molar-refractivity contribution in [3.63, 3.8) is 0 Å². The predicted molar refractivity (Wildman–Crippen MR) is 91.8 cm³/mol. The average molecular weight is 306 g/mol. The fraction of sp³-hybridized carbons (Fsp3) is 0.105. The van der Waals surface area contributed by atoms with Crippen LogP contribution in [0, 0.1) is 0 Å². The van der Waals surface area contributed by atoms with Crippen molar-refractivity contribution in [2.45, 2.75) is 12.5 Å². The number of carbonyl (C=O) groups is 1. The summed E-state index contributed by atoms with van der Waals surface area (Å²) in [5.41, 5.74) is 10.3. The van der Waals surface area contributed by atoms with Gasteiger partial charge in [0.05, 0.1) is 5.69 Å². The zero-order chi connectivity index (χ0) is 16.1. The summed E-state index contributed by atoms with van der Waals surface area (Å²) in [6, 6.07) is 22.7. The summed E-state index contributed by atoms with van der Waals surface area (Å²) in [6.07, 6.45) is 0.444. The molecule has 116 valence electrons. The highest BCUT2D eigenvalue weighted by molar-refractivity contribution is 5.85. The third kappa shape index (κ3) is 3.87. The molecule has 0 fully saturated rings. The first-order valence-corrected chi connectivity index (χ1v) is 7.47. The molecule has 23 heavy (non-hydrogen) atoms. The molecule has 4 heteroatoms. The lowest BCUT2D eigenvalue weighted by molar-refractivity contribution is -0.142. The Morgan fingerprint density at radius 1 is 0.957 bits per heavy atom. The molecule has 0 amide bonds. The zero-order valence-corrected chi connectivity index (χ0v) is 12.6. The quantitative estimate of drug-likeness (QED) is 0.710. The third-order valence-electron chi connectivity index (χ3n) is 3.62. The fourth-order valence-electron chi connectivity index (χ4n) is 2.39. The number of fused-ring (bicyclic) bond motifs is 1. The van der Waals surface area contributed by atoms with Gasteiger partial charge in [-0.25, -0.2) is 10.3 Å². The van der Waals surface area contributed by atoms with E-state index in [-0.39, 0.29) is 0 Å². The first kappa shape index (κ1) is 15.1. The molecule has 0 spiro atoms. The molecular weight excluding hydrogens is 288 g/mol. The summed E-state index contributed by atoms with van der Waals surface area (Å²) in [7, 11) is 0. The van der Waals surface area contributed by atoms with Crippen LogP contribution >= 0.6 is 0 Å². The molecule has 0 radical (unpaired) electrons. The van der Waals surface area contributed by atoms with Gasteiger partial charge < -0.3 is 10.6 Å². The number of benzene rings is 3. The molecule has 0 heterocycles. The minimum absolute atomic E-state index is 0.444. The van der Waals surface area contributed by atoms with Crippen LogP contribution in [0.15, 0.2) is 72.8 Å². The van der Waals surface area contributed by atoms with E-state index < -0.39 is 12.0 Å². The highest BCUT2D eigenvalue weighted by Crippen LogP contribution is 2.18. The second-order valence-corrected chi connectivity index (χ2v) is 5.38. The van der Waals surface area contributed by atoms with Gasteiger partial charge in [-0.2, -0.15) is 0 Å². The Hall–Kier alpha value is -2.85. The van der Waals surface area contributed by atoms with Crippen molar-refractivity contribution in [1.82, 2.24) is 0 Å². The van der Waals surface area contributed by atoms with Gasteiger partial charge in [-0.1, -0.05) is 60.7 Å². The Morgan fingerprint density at radius 3 is 2.43 bits per heavy atom. The van der Waals surface area contributed by atoms with Gasteiger partial charge in [-0.3, -0.25) is 0 Å². The van der Waals surface area contributed by atoms with E-state index in [1.165, 1.54) is 0 Å². The van der Waals surface area contributed by atoms with Crippen molar-refractivity contribution < 1.29 is 9.63 Å². The number of carbonyl (C=O) groups excluding carboxylic acids is 1. The molecule has 0 saturated heterocycles. The van der Waals surface area contributed by atoms with E-state index in [1.54, 1.807) is 0 Å². The summed E-state index contributed by atoms with van der Waals surface area (Å²) in [4.78, 5) is 17.1. The maximum atomic E-state index is 12.0. The maximum Gasteiger partial charge on any atom is 0.348 e. The number of nitrogens with one attached hydrogen (secondary N) is 1. The molecule has 3 aromatic carbocycles. The van der Waals surface area contributed by atoms with Gasteiger partial charge in [0, 0.05) is 0 Å². The summed E-state index contributed by atoms with van der Waals surface area (Å²) < 4.78 is 0. The van der Waals surface area contributed by atoms with Crippen molar-refractivity contribution in [2.24, 2.45) is 5.73 Å². The highest BCUT2D eigenvalue weighted by atomic mass is 16.7. The van der Waals surface area contributed by atoms with Gasteiger partial charge in [0.2, 0.25) is 0 Å². The lowest BCUT2D eigenvalue weighted by Gasteiger charge is -2.12. The van der Waals surface area contributed by atoms with Crippen molar-refractivity contribution in [3.8, 4) is 0 Å². The van der Waals surface area contributed by atoms with Crippen LogP contribution in [0.5, 0.6) is 0 Å². The molecule has 3 aromatic rings. The van der Waals surface area contributed by atoms with E-state index in [0.717, 1.165) is 16.3 Å². The molecule has 0 saturated carbocycles. The molecule has 3 N–H and O–H groups in total. The first-order chi connectivity index (χ1) is 11.2. The first-order valence-electron chi connectivity index (χ1n) is 7.47. The summed E-state index contributed by atoms with van der Waals surface area (Å²) >= 11 is 0. The minimum atomic E-state index is -0.703. The number of anilines is 1. The van der Waals surface area contributed by atoms with E-state index in [0.29, 0.717) is 12.1 Å². The van der Waals surface area contributed by atoms with Crippen LogP contribution in [0.2, 0.25) is 0 Å². The summed E-state index contributed by atoms with van der Waals surface area (Å²) in [6.45, 7) is 0. The number of nitrogens with two attached hydrogens (primary N) is 1. The van der Waals surface area contributed by atoms with Gasteiger partial charge in [0.25, 0.3) is 0 Å².